The lowest BCUT2D eigenvalue weighted by Gasteiger charge is -2.35. The molecule has 2 bridgehead atoms. The average molecular weight is 504 g/mol. The Balaban J connectivity index is 1.50. The summed E-state index contributed by atoms with van der Waals surface area (Å²) in [5.74, 6) is -1.26. The zero-order valence-corrected chi connectivity index (χ0v) is 18.5. The predicted molar refractivity (Wildman–Crippen MR) is 108 cm³/mol. The van der Waals surface area contributed by atoms with Crippen LogP contribution >= 0.6 is 0 Å². The van der Waals surface area contributed by atoms with Crippen molar-refractivity contribution in [3.05, 3.63) is 40.8 Å². The van der Waals surface area contributed by atoms with Gasteiger partial charge in [0.15, 0.2) is 5.69 Å². The van der Waals surface area contributed by atoms with Crippen molar-refractivity contribution >= 4 is 11.7 Å². The van der Waals surface area contributed by atoms with E-state index >= 15 is 0 Å². The van der Waals surface area contributed by atoms with Gasteiger partial charge in [0.05, 0.1) is 29.3 Å². The molecule has 4 heterocycles. The number of aromatic nitrogens is 3. The first kappa shape index (κ1) is 24.0. The summed E-state index contributed by atoms with van der Waals surface area (Å²) in [6.45, 7) is 0. The Kier molecular flexibility index (Phi) is 5.44. The number of aryl methyl sites for hydroxylation is 1. The summed E-state index contributed by atoms with van der Waals surface area (Å²) in [7, 11) is 1.32. The number of aliphatic hydroxyl groups excluding tert-OH is 1. The predicted octanol–water partition coefficient (Wildman–Crippen LogP) is 3.82. The second kappa shape index (κ2) is 7.92. The molecule has 0 radical (unpaired) electrons. The number of amides is 1. The first-order valence-electron chi connectivity index (χ1n) is 11.1. The maximum absolute atomic E-state index is 13.6. The van der Waals surface area contributed by atoms with Gasteiger partial charge in [-0.15, -0.1) is 0 Å². The van der Waals surface area contributed by atoms with Crippen molar-refractivity contribution in [3.63, 3.8) is 0 Å². The molecule has 2 aromatic heterocycles. The van der Waals surface area contributed by atoms with E-state index in [1.54, 1.807) is 0 Å². The molecule has 5 rings (SSSR count). The van der Waals surface area contributed by atoms with E-state index in [-0.39, 0.29) is 35.8 Å². The van der Waals surface area contributed by atoms with Crippen molar-refractivity contribution in [3.8, 4) is 0 Å². The highest BCUT2D eigenvalue weighted by Crippen LogP contribution is 2.51. The van der Waals surface area contributed by atoms with Gasteiger partial charge in [-0.25, -0.2) is 4.98 Å². The van der Waals surface area contributed by atoms with E-state index in [0.29, 0.717) is 18.9 Å². The number of alkyl halides is 6. The number of aliphatic hydroxyl groups is 1. The molecule has 2 saturated heterocycles. The van der Waals surface area contributed by atoms with Crippen molar-refractivity contribution in [2.75, 3.05) is 5.32 Å². The van der Waals surface area contributed by atoms with Crippen molar-refractivity contribution in [1.29, 1.82) is 0 Å². The number of nitrogens with one attached hydrogen (secondary N) is 1. The molecule has 3 aliphatic rings. The lowest BCUT2D eigenvalue weighted by molar-refractivity contribution is -0.143. The van der Waals surface area contributed by atoms with Crippen molar-refractivity contribution in [1.82, 2.24) is 14.8 Å². The molecule has 3 fully saturated rings. The molecule has 1 amide bonds. The van der Waals surface area contributed by atoms with Gasteiger partial charge in [-0.2, -0.15) is 31.4 Å². The molecular formula is C22H22F6N4O3. The van der Waals surface area contributed by atoms with Gasteiger partial charge in [0.1, 0.15) is 5.82 Å². The number of nitrogens with zero attached hydrogens (tertiary/aromatic N) is 3. The Morgan fingerprint density at radius 1 is 1.23 bits per heavy atom. The largest absolute Gasteiger partial charge is 0.435 e. The number of anilines is 1. The smallest absolute Gasteiger partial charge is 0.390 e. The van der Waals surface area contributed by atoms with E-state index < -0.39 is 59.7 Å². The van der Waals surface area contributed by atoms with E-state index in [4.69, 9.17) is 4.74 Å². The van der Waals surface area contributed by atoms with E-state index in [9.17, 15) is 36.2 Å². The molecule has 1 aliphatic carbocycles. The average Bonchev–Trinajstić information content (AvgIpc) is 3.31. The molecule has 35 heavy (non-hydrogen) atoms. The Morgan fingerprint density at radius 2 is 1.94 bits per heavy atom. The second-order valence-electron chi connectivity index (χ2n) is 9.57. The second-order valence-corrected chi connectivity index (χ2v) is 9.57. The SMILES string of the molecule is Cn1cc(C[C@]2(C(=O)Nc3cc(C(F)(F)F)cc(C4CC4)n3)C[C@H]3O[C@@H]2C[C@@H]3O)c(C(F)(F)F)n1. The third-order valence-corrected chi connectivity index (χ3v) is 6.95. The molecule has 190 valence electrons. The quantitative estimate of drug-likeness (QED) is 0.605. The Hall–Kier alpha value is -2.67. The number of ether oxygens (including phenoxy) is 1. The number of hydrogen-bond donors (Lipinski definition) is 2. The number of halogens is 6. The maximum atomic E-state index is 13.6. The van der Waals surface area contributed by atoms with Gasteiger partial charge >= 0.3 is 12.4 Å². The first-order chi connectivity index (χ1) is 16.3. The first-order valence-corrected chi connectivity index (χ1v) is 11.1. The zero-order valence-electron chi connectivity index (χ0n) is 18.5. The van der Waals surface area contributed by atoms with Crippen LogP contribution in [-0.2, 0) is 35.4 Å². The number of carbonyl (C=O) groups excluding carboxylic acids is 1. The summed E-state index contributed by atoms with van der Waals surface area (Å²) in [6, 6.07) is 1.66. The molecule has 2 aromatic rings. The molecule has 4 atom stereocenters. The molecule has 0 spiro atoms. The Labute approximate surface area is 195 Å². The van der Waals surface area contributed by atoms with Crippen LogP contribution in [0.2, 0.25) is 0 Å². The van der Waals surface area contributed by atoms with Gasteiger partial charge in [-0.05, 0) is 37.8 Å². The van der Waals surface area contributed by atoms with Gasteiger partial charge < -0.3 is 15.2 Å². The van der Waals surface area contributed by atoms with E-state index in [0.717, 1.165) is 16.9 Å². The van der Waals surface area contributed by atoms with Crippen LogP contribution in [0.25, 0.3) is 0 Å². The minimum atomic E-state index is -4.77. The van der Waals surface area contributed by atoms with Gasteiger partial charge in [0, 0.05) is 36.8 Å². The summed E-state index contributed by atoms with van der Waals surface area (Å²) in [5, 5.41) is 16.0. The van der Waals surface area contributed by atoms with E-state index in [1.165, 1.54) is 7.05 Å². The van der Waals surface area contributed by atoms with Crippen LogP contribution in [0.4, 0.5) is 32.2 Å². The highest BCUT2D eigenvalue weighted by molar-refractivity contribution is 5.96. The summed E-state index contributed by atoms with van der Waals surface area (Å²) in [6.07, 6.45) is -9.97. The molecule has 0 unspecified atom stereocenters. The fraction of sp³-hybridized carbons (Fsp3) is 0.591. The standard InChI is InChI=1S/C22H22F6N4O3/c1-32-9-11(18(31-32)22(26,27)28)7-20(8-15-14(33)6-16(20)35-15)19(34)30-17-5-12(21(23,24)25)4-13(29-17)10-2-3-10/h4-5,9-10,14-16,33H,2-3,6-8H2,1H3,(H,29,30,34)/t14-,15+,16+,20-/m0/s1. The van der Waals surface area contributed by atoms with Crippen LogP contribution in [0.1, 0.15) is 54.1 Å². The molecule has 2 aliphatic heterocycles. The van der Waals surface area contributed by atoms with E-state index in [2.05, 4.69) is 15.4 Å². The molecule has 13 heteroatoms. The number of rotatable bonds is 5. The van der Waals surface area contributed by atoms with Crippen molar-refractivity contribution in [2.45, 2.75) is 68.7 Å². The summed E-state index contributed by atoms with van der Waals surface area (Å²) >= 11 is 0. The van der Waals surface area contributed by atoms with Crippen LogP contribution < -0.4 is 5.32 Å². The van der Waals surface area contributed by atoms with Gasteiger partial charge in [0.25, 0.3) is 0 Å². The molecule has 0 aromatic carbocycles. The number of hydrogen-bond acceptors (Lipinski definition) is 5. The van der Waals surface area contributed by atoms with Crippen LogP contribution in [0, 0.1) is 5.41 Å². The Morgan fingerprint density at radius 3 is 2.49 bits per heavy atom. The monoisotopic (exact) mass is 504 g/mol. The number of pyridine rings is 1. The summed E-state index contributed by atoms with van der Waals surface area (Å²) in [4.78, 5) is 17.7. The third kappa shape index (κ3) is 4.39. The number of fused-ring (bicyclic) bond motifs is 2. The highest BCUT2D eigenvalue weighted by Gasteiger charge is 2.61. The van der Waals surface area contributed by atoms with Crippen LogP contribution in [0.3, 0.4) is 0 Å². The fourth-order valence-corrected chi connectivity index (χ4v) is 5.12. The minimum Gasteiger partial charge on any atom is -0.390 e. The molecule has 7 nitrogen and oxygen atoms in total. The van der Waals surface area contributed by atoms with Crippen molar-refractivity contribution < 1.29 is 41.0 Å². The van der Waals surface area contributed by atoms with Gasteiger partial charge in [-0.3, -0.25) is 9.48 Å². The Bertz CT molecular complexity index is 1160. The highest BCUT2D eigenvalue weighted by atomic mass is 19.4. The van der Waals surface area contributed by atoms with Crippen LogP contribution in [0.5, 0.6) is 0 Å². The van der Waals surface area contributed by atoms with Gasteiger partial charge in [-0.1, -0.05) is 0 Å². The molecular weight excluding hydrogens is 482 g/mol. The zero-order chi connectivity index (χ0) is 25.3. The molecule has 1 saturated carbocycles. The third-order valence-electron chi connectivity index (χ3n) is 6.95. The topological polar surface area (TPSA) is 89.3 Å². The molecule has 2 N–H and O–H groups in total. The van der Waals surface area contributed by atoms with Crippen LogP contribution in [0.15, 0.2) is 18.3 Å². The summed E-state index contributed by atoms with van der Waals surface area (Å²) in [5.41, 5.74) is -3.71. The summed E-state index contributed by atoms with van der Waals surface area (Å²) < 4.78 is 87.8. The lowest BCUT2D eigenvalue weighted by atomic mass is 9.68. The maximum Gasteiger partial charge on any atom is 0.435 e. The van der Waals surface area contributed by atoms with Crippen LogP contribution in [-0.4, -0.2) is 44.1 Å². The fourth-order valence-electron chi connectivity index (χ4n) is 5.12. The minimum absolute atomic E-state index is 0.0169. The number of carbonyl (C=O) groups is 1. The van der Waals surface area contributed by atoms with Crippen molar-refractivity contribution in [2.24, 2.45) is 12.5 Å². The lowest BCUT2D eigenvalue weighted by Crippen LogP contribution is -2.48. The van der Waals surface area contributed by atoms with E-state index in [1.807, 2.05) is 0 Å². The normalized spacial score (nSPS) is 28.5. The van der Waals surface area contributed by atoms with Gasteiger partial charge in [0.2, 0.25) is 5.91 Å².